The van der Waals surface area contributed by atoms with E-state index in [2.05, 4.69) is 6.07 Å². The minimum Gasteiger partial charge on any atom is -0.396 e. The third-order valence-corrected chi connectivity index (χ3v) is 7.12. The van der Waals surface area contributed by atoms with Crippen LogP contribution in [0.3, 0.4) is 0 Å². The van der Waals surface area contributed by atoms with E-state index >= 15 is 0 Å². The van der Waals surface area contributed by atoms with Gasteiger partial charge in [0.15, 0.2) is 0 Å². The molecular weight excluding hydrogens is 431 g/mol. The first-order valence-electron chi connectivity index (χ1n) is 10.6. The molecule has 1 aliphatic heterocycles. The number of ether oxygens (including phenoxy) is 1. The number of aliphatic hydroxyl groups is 4. The number of thiophene rings is 1. The average molecular weight is 459 g/mol. The summed E-state index contributed by atoms with van der Waals surface area (Å²) in [7, 11) is 0. The van der Waals surface area contributed by atoms with Gasteiger partial charge in [-0.15, -0.1) is 11.3 Å². The van der Waals surface area contributed by atoms with Crippen molar-refractivity contribution in [3.05, 3.63) is 82.0 Å². The lowest BCUT2D eigenvalue weighted by Gasteiger charge is -2.41. The first kappa shape index (κ1) is 23.0. The third kappa shape index (κ3) is 4.78. The van der Waals surface area contributed by atoms with Crippen LogP contribution in [0.5, 0.6) is 0 Å². The van der Waals surface area contributed by atoms with Crippen LogP contribution in [0.15, 0.2) is 54.6 Å². The standard InChI is InChI=1S/C25H27FO5S/c1-14-2-3-16(25-24(30)23(29)22(28)20(31-25)10-11-27)12-17(14)13-19-8-9-21(32-19)15-4-6-18(26)7-5-15/h2-9,12,20,22-25,27-30H,10-11,13H2,1H3/t20-,22-,23+,24-,25+/m1/s1. The van der Waals surface area contributed by atoms with Crippen molar-refractivity contribution in [2.45, 2.75) is 50.3 Å². The van der Waals surface area contributed by atoms with Crippen molar-refractivity contribution in [3.8, 4) is 10.4 Å². The van der Waals surface area contributed by atoms with Gasteiger partial charge in [0.05, 0.1) is 6.10 Å². The molecule has 0 saturated carbocycles. The lowest BCUT2D eigenvalue weighted by molar-refractivity contribution is -0.227. The fourth-order valence-electron chi connectivity index (χ4n) is 4.08. The average Bonchev–Trinajstić information content (AvgIpc) is 3.25. The Kier molecular flexibility index (Phi) is 7.05. The molecule has 0 unspecified atom stereocenters. The van der Waals surface area contributed by atoms with Crippen LogP contribution in [-0.2, 0) is 11.2 Å². The molecule has 4 rings (SSSR count). The van der Waals surface area contributed by atoms with Crippen molar-refractivity contribution in [1.82, 2.24) is 0 Å². The Morgan fingerprint density at radius 1 is 0.938 bits per heavy atom. The zero-order chi connectivity index (χ0) is 22.8. The molecule has 5 atom stereocenters. The molecule has 7 heteroatoms. The van der Waals surface area contributed by atoms with Crippen molar-refractivity contribution in [2.75, 3.05) is 6.61 Å². The highest BCUT2D eigenvalue weighted by atomic mass is 32.1. The smallest absolute Gasteiger partial charge is 0.123 e. The number of hydrogen-bond donors (Lipinski definition) is 4. The molecule has 1 aliphatic rings. The van der Waals surface area contributed by atoms with E-state index in [1.165, 1.54) is 12.1 Å². The molecule has 170 valence electrons. The largest absolute Gasteiger partial charge is 0.396 e. The molecule has 1 saturated heterocycles. The van der Waals surface area contributed by atoms with E-state index in [1.54, 1.807) is 23.5 Å². The third-order valence-electron chi connectivity index (χ3n) is 5.98. The highest BCUT2D eigenvalue weighted by molar-refractivity contribution is 7.15. The van der Waals surface area contributed by atoms with E-state index < -0.39 is 30.5 Å². The van der Waals surface area contributed by atoms with Gasteiger partial charge in [0.25, 0.3) is 0 Å². The summed E-state index contributed by atoms with van der Waals surface area (Å²) in [6, 6.07) is 16.3. The molecule has 1 aromatic heterocycles. The normalized spacial score (nSPS) is 25.8. The summed E-state index contributed by atoms with van der Waals surface area (Å²) in [6.45, 7) is 1.82. The fraction of sp³-hybridized carbons (Fsp3) is 0.360. The minimum absolute atomic E-state index is 0.168. The number of hydrogen-bond acceptors (Lipinski definition) is 6. The quantitative estimate of drug-likeness (QED) is 0.455. The zero-order valence-corrected chi connectivity index (χ0v) is 18.5. The van der Waals surface area contributed by atoms with Crippen LogP contribution in [-0.4, -0.2) is 51.4 Å². The predicted octanol–water partition coefficient (Wildman–Crippen LogP) is 3.36. The maximum absolute atomic E-state index is 13.2. The number of aryl methyl sites for hydroxylation is 1. The van der Waals surface area contributed by atoms with Gasteiger partial charge < -0.3 is 25.2 Å². The second-order valence-corrected chi connectivity index (χ2v) is 9.38. The number of aliphatic hydroxyl groups excluding tert-OH is 4. The molecule has 2 aromatic carbocycles. The molecule has 0 bridgehead atoms. The van der Waals surface area contributed by atoms with E-state index in [4.69, 9.17) is 4.74 Å². The summed E-state index contributed by atoms with van der Waals surface area (Å²) in [5.41, 5.74) is 3.82. The zero-order valence-electron chi connectivity index (χ0n) is 17.7. The minimum atomic E-state index is -1.36. The van der Waals surface area contributed by atoms with Crippen LogP contribution in [0.1, 0.15) is 34.1 Å². The lowest BCUT2D eigenvalue weighted by Crippen LogP contribution is -2.54. The molecule has 1 fully saturated rings. The Balaban J connectivity index is 1.56. The van der Waals surface area contributed by atoms with Gasteiger partial charge in [0.2, 0.25) is 0 Å². The molecular formula is C25H27FO5S. The highest BCUT2D eigenvalue weighted by Gasteiger charge is 2.43. The molecule has 0 amide bonds. The van der Waals surface area contributed by atoms with E-state index in [0.717, 1.165) is 26.4 Å². The summed E-state index contributed by atoms with van der Waals surface area (Å²) in [4.78, 5) is 2.20. The molecule has 5 nitrogen and oxygen atoms in total. The molecule has 32 heavy (non-hydrogen) atoms. The van der Waals surface area contributed by atoms with Gasteiger partial charge in [-0.2, -0.15) is 0 Å². The van der Waals surface area contributed by atoms with E-state index in [9.17, 15) is 24.8 Å². The van der Waals surface area contributed by atoms with Gasteiger partial charge in [0, 0.05) is 22.8 Å². The molecule has 4 N–H and O–H groups in total. The Bertz CT molecular complexity index is 1050. The number of halogens is 1. The molecule has 0 aliphatic carbocycles. The lowest BCUT2D eigenvalue weighted by atomic mass is 9.88. The monoisotopic (exact) mass is 458 g/mol. The summed E-state index contributed by atoms with van der Waals surface area (Å²) in [5.74, 6) is -0.260. The summed E-state index contributed by atoms with van der Waals surface area (Å²) < 4.78 is 19.1. The van der Waals surface area contributed by atoms with E-state index in [0.29, 0.717) is 12.0 Å². The predicted molar refractivity (Wildman–Crippen MR) is 121 cm³/mol. The van der Waals surface area contributed by atoms with Gasteiger partial charge in [-0.25, -0.2) is 4.39 Å². The Morgan fingerprint density at radius 3 is 2.41 bits per heavy atom. The highest BCUT2D eigenvalue weighted by Crippen LogP contribution is 2.35. The SMILES string of the molecule is Cc1ccc([C@@H]2O[C@H](CCO)[C@@H](O)[C@H](O)[C@H]2O)cc1Cc1ccc(-c2ccc(F)cc2)s1. The van der Waals surface area contributed by atoms with Crippen LogP contribution in [0.25, 0.3) is 10.4 Å². The molecule has 2 heterocycles. The molecule has 0 radical (unpaired) electrons. The second-order valence-electron chi connectivity index (χ2n) is 8.21. The van der Waals surface area contributed by atoms with Crippen LogP contribution in [0.4, 0.5) is 4.39 Å². The fourth-order valence-corrected chi connectivity index (χ4v) is 5.12. The second kappa shape index (κ2) is 9.79. The maximum Gasteiger partial charge on any atom is 0.123 e. The van der Waals surface area contributed by atoms with Crippen LogP contribution < -0.4 is 0 Å². The van der Waals surface area contributed by atoms with Crippen molar-refractivity contribution in [3.63, 3.8) is 0 Å². The topological polar surface area (TPSA) is 90.2 Å². The first-order valence-corrected chi connectivity index (χ1v) is 11.4. The van der Waals surface area contributed by atoms with Crippen molar-refractivity contribution in [2.24, 2.45) is 0 Å². The van der Waals surface area contributed by atoms with Gasteiger partial charge in [-0.05, 0) is 59.9 Å². The Hall–Kier alpha value is -2.13. The number of rotatable bonds is 6. The molecule has 0 spiro atoms. The van der Waals surface area contributed by atoms with Crippen molar-refractivity contribution in [1.29, 1.82) is 0 Å². The summed E-state index contributed by atoms with van der Waals surface area (Å²) in [6.07, 6.45) is -4.60. The van der Waals surface area contributed by atoms with Crippen LogP contribution >= 0.6 is 11.3 Å². The molecule has 3 aromatic rings. The van der Waals surface area contributed by atoms with E-state index in [1.807, 2.05) is 31.2 Å². The van der Waals surface area contributed by atoms with Crippen molar-refractivity contribution < 1.29 is 29.6 Å². The first-order chi connectivity index (χ1) is 15.4. The van der Waals surface area contributed by atoms with Crippen LogP contribution in [0.2, 0.25) is 0 Å². The van der Waals surface area contributed by atoms with Gasteiger partial charge >= 0.3 is 0 Å². The summed E-state index contributed by atoms with van der Waals surface area (Å²) >= 11 is 1.64. The summed E-state index contributed by atoms with van der Waals surface area (Å²) in [5, 5.41) is 40.2. The van der Waals surface area contributed by atoms with Gasteiger partial charge in [-0.1, -0.05) is 30.3 Å². The van der Waals surface area contributed by atoms with Crippen molar-refractivity contribution >= 4 is 11.3 Å². The Morgan fingerprint density at radius 2 is 1.69 bits per heavy atom. The van der Waals surface area contributed by atoms with Gasteiger partial charge in [0.1, 0.15) is 30.2 Å². The van der Waals surface area contributed by atoms with Crippen LogP contribution in [0, 0.1) is 12.7 Å². The Labute approximate surface area is 190 Å². The maximum atomic E-state index is 13.2. The van der Waals surface area contributed by atoms with Gasteiger partial charge in [-0.3, -0.25) is 0 Å². The number of benzene rings is 2. The van der Waals surface area contributed by atoms with E-state index in [-0.39, 0.29) is 18.8 Å².